The molecule has 2 fully saturated rings. The summed E-state index contributed by atoms with van der Waals surface area (Å²) in [6.07, 6.45) is 3.93. The Morgan fingerprint density at radius 1 is 0.653 bits per heavy atom. The molecule has 49 heavy (non-hydrogen) atoms. The summed E-state index contributed by atoms with van der Waals surface area (Å²) in [6.45, 7) is 16.1. The molecule has 0 aromatic heterocycles. The molecule has 4 aliphatic carbocycles. The lowest BCUT2D eigenvalue weighted by Crippen LogP contribution is -2.39. The Morgan fingerprint density at radius 3 is 1.35 bits per heavy atom. The molecule has 1 aliphatic heterocycles. The van der Waals surface area contributed by atoms with Crippen molar-refractivity contribution in [3.8, 4) is 11.5 Å². The van der Waals surface area contributed by atoms with Crippen LogP contribution < -0.4 is 9.47 Å². The highest BCUT2D eigenvalue weighted by molar-refractivity contribution is 6.15. The van der Waals surface area contributed by atoms with Gasteiger partial charge in [-0.25, -0.2) is 0 Å². The molecule has 3 aromatic rings. The van der Waals surface area contributed by atoms with E-state index in [1.165, 1.54) is 0 Å². The summed E-state index contributed by atoms with van der Waals surface area (Å²) in [6, 6.07) is 11.4. The van der Waals surface area contributed by atoms with Crippen molar-refractivity contribution in [3.05, 3.63) is 70.8 Å². The second-order valence-electron chi connectivity index (χ2n) is 17.1. The number of carboxylic acids is 2. The van der Waals surface area contributed by atoms with Crippen LogP contribution in [0.15, 0.2) is 59.7 Å². The predicted molar refractivity (Wildman–Crippen MR) is 183 cm³/mol. The van der Waals surface area contributed by atoms with Gasteiger partial charge in [0.15, 0.2) is 0 Å². The summed E-state index contributed by atoms with van der Waals surface area (Å²) < 4.78 is 13.3. The van der Waals surface area contributed by atoms with E-state index in [1.54, 1.807) is 0 Å². The van der Waals surface area contributed by atoms with Gasteiger partial charge in [-0.2, -0.15) is 0 Å². The molecular weight excluding hydrogens is 620 g/mol. The van der Waals surface area contributed by atoms with Crippen molar-refractivity contribution in [2.24, 2.45) is 52.8 Å². The van der Waals surface area contributed by atoms with Gasteiger partial charge in [0.25, 0.3) is 0 Å². The molecule has 9 bridgehead atoms. The van der Waals surface area contributed by atoms with Crippen LogP contribution in [0.25, 0.3) is 21.5 Å². The number of aliphatic carboxylic acids is 2. The Morgan fingerprint density at radius 2 is 1.02 bits per heavy atom. The zero-order valence-electron chi connectivity index (χ0n) is 29.1. The van der Waals surface area contributed by atoms with Crippen LogP contribution >= 0.6 is 0 Å². The molecule has 8 heteroatoms. The van der Waals surface area contributed by atoms with E-state index in [9.17, 15) is 29.4 Å². The van der Waals surface area contributed by atoms with Gasteiger partial charge in [-0.1, -0.05) is 101 Å². The van der Waals surface area contributed by atoms with Crippen molar-refractivity contribution in [1.82, 2.24) is 0 Å². The Labute approximate surface area is 285 Å². The summed E-state index contributed by atoms with van der Waals surface area (Å²) in [5.74, 6) is -9.96. The van der Waals surface area contributed by atoms with Gasteiger partial charge in [-0.3, -0.25) is 19.2 Å². The first-order valence-electron chi connectivity index (χ1n) is 17.2. The molecule has 5 aliphatic rings. The quantitative estimate of drug-likeness (QED) is 0.125. The van der Waals surface area contributed by atoms with Crippen molar-refractivity contribution < 1.29 is 38.9 Å². The second kappa shape index (κ2) is 9.83. The molecule has 0 amide bonds. The Balaban J connectivity index is 1.54. The maximum Gasteiger partial charge on any atom is 0.315 e. The smallest absolute Gasteiger partial charge is 0.315 e. The first-order valence-corrected chi connectivity index (χ1v) is 17.2. The van der Waals surface area contributed by atoms with Crippen molar-refractivity contribution in [2.45, 2.75) is 66.2 Å². The summed E-state index contributed by atoms with van der Waals surface area (Å²) >= 11 is 0. The van der Waals surface area contributed by atoms with Crippen molar-refractivity contribution >= 4 is 45.4 Å². The van der Waals surface area contributed by atoms with Gasteiger partial charge in [0, 0.05) is 33.4 Å². The molecule has 8 rings (SSSR count). The number of fused-ring (bicyclic) bond motifs is 3. The fourth-order valence-corrected chi connectivity index (χ4v) is 11.2. The first kappa shape index (κ1) is 31.8. The summed E-state index contributed by atoms with van der Waals surface area (Å²) in [7, 11) is 0. The number of rotatable bonds is 2. The molecule has 8 atom stereocenters. The topological polar surface area (TPSA) is 127 Å². The van der Waals surface area contributed by atoms with E-state index in [0.717, 1.165) is 22.3 Å². The molecule has 254 valence electrons. The lowest BCUT2D eigenvalue weighted by molar-refractivity contribution is -0.152. The molecule has 0 saturated heterocycles. The number of benzene rings is 3. The average Bonchev–Trinajstić information content (AvgIpc) is 3.67. The van der Waals surface area contributed by atoms with E-state index >= 15 is 0 Å². The van der Waals surface area contributed by atoms with E-state index < -0.39 is 87.5 Å². The molecule has 3 aromatic carbocycles. The fourth-order valence-electron chi connectivity index (χ4n) is 11.2. The molecule has 1 heterocycles. The largest absolute Gasteiger partial charge is 0.481 e. The number of carbonyl (C=O) groups is 4. The van der Waals surface area contributed by atoms with Crippen LogP contribution in [0, 0.1) is 52.8 Å². The third-order valence-electron chi connectivity index (χ3n) is 12.6. The maximum atomic E-state index is 14.9. The van der Waals surface area contributed by atoms with Gasteiger partial charge in [-0.15, -0.1) is 0 Å². The molecule has 8 nitrogen and oxygen atoms in total. The highest BCUT2D eigenvalue weighted by atomic mass is 16.5. The van der Waals surface area contributed by atoms with E-state index in [2.05, 4.69) is 41.5 Å². The Bertz CT molecular complexity index is 1970. The zero-order chi connectivity index (χ0) is 35.3. The molecule has 0 radical (unpaired) electrons. The SMILES string of the molecule is CC1=CC2C3C(=O)Oc4c5cccc(C(C)(C)C)c5c(c5cccc(C(C)(C)C)c45)OC(=O)C4C(C(=O)O)C5C(C)=CC4C25C1C3C(=O)O. The Hall–Kier alpha value is -4.46. The maximum absolute atomic E-state index is 14.9. The summed E-state index contributed by atoms with van der Waals surface area (Å²) in [4.78, 5) is 56.5. The lowest BCUT2D eigenvalue weighted by atomic mass is 9.63. The van der Waals surface area contributed by atoms with E-state index in [4.69, 9.17) is 9.47 Å². The van der Waals surface area contributed by atoms with Crippen LogP contribution in [-0.2, 0) is 30.0 Å². The van der Waals surface area contributed by atoms with E-state index in [1.807, 2.05) is 62.4 Å². The number of allylic oxidation sites excluding steroid dienone is 4. The van der Waals surface area contributed by atoms with Crippen LogP contribution in [0.1, 0.15) is 66.5 Å². The molecule has 8 unspecified atom stereocenters. The average molecular weight is 663 g/mol. The van der Waals surface area contributed by atoms with Gasteiger partial charge in [-0.05, 0) is 53.1 Å². The normalized spacial score (nSPS) is 33.1. The molecule has 2 saturated carbocycles. The number of hydrogen-bond acceptors (Lipinski definition) is 6. The summed E-state index contributed by atoms with van der Waals surface area (Å²) in [5.41, 5.74) is 1.51. The van der Waals surface area contributed by atoms with E-state index in [0.29, 0.717) is 33.0 Å². The van der Waals surface area contributed by atoms with Crippen molar-refractivity contribution in [1.29, 1.82) is 0 Å². The van der Waals surface area contributed by atoms with Gasteiger partial charge < -0.3 is 19.7 Å². The molecule has 1 spiro atoms. The van der Waals surface area contributed by atoms with Gasteiger partial charge in [0.1, 0.15) is 11.5 Å². The van der Waals surface area contributed by atoms with Gasteiger partial charge >= 0.3 is 23.9 Å². The number of carboxylic acid groups (broad SMARTS) is 2. The standard InChI is InChI=1S/C41H42O8/c1-17-15-23-27-29(35(42)43)31(17)41(23)24-16-18(2)32(41)30(36(44)45)28(24)38(47)49-34-20-12-10-13-21(39(3,4)5)25(20)33(48-37(27)46)19-11-9-14-22(26(19)34)40(6,7)8/h9-16,23-24,27-32H,1-8H3,(H,42,43)(H,44,45). The molecular formula is C41H42O8. The van der Waals surface area contributed by atoms with Gasteiger partial charge in [0.05, 0.1) is 23.7 Å². The van der Waals surface area contributed by atoms with Crippen LogP contribution in [0.2, 0.25) is 0 Å². The van der Waals surface area contributed by atoms with Crippen molar-refractivity contribution in [3.63, 3.8) is 0 Å². The minimum atomic E-state index is -1.15. The summed E-state index contributed by atoms with van der Waals surface area (Å²) in [5, 5.41) is 24.1. The van der Waals surface area contributed by atoms with Crippen LogP contribution in [0.5, 0.6) is 11.5 Å². The zero-order valence-corrected chi connectivity index (χ0v) is 29.1. The Kier molecular flexibility index (Phi) is 6.38. The number of ether oxygens (including phenoxy) is 2. The predicted octanol–water partition coefficient (Wildman–Crippen LogP) is 7.44. The highest BCUT2D eigenvalue weighted by Crippen LogP contribution is 2.78. The minimum Gasteiger partial charge on any atom is -0.481 e. The van der Waals surface area contributed by atoms with E-state index in [-0.39, 0.29) is 0 Å². The third-order valence-corrected chi connectivity index (χ3v) is 12.6. The number of hydrogen-bond donors (Lipinski definition) is 2. The van der Waals surface area contributed by atoms with Gasteiger partial charge in [0.2, 0.25) is 0 Å². The third kappa shape index (κ3) is 3.86. The first-order chi connectivity index (χ1) is 22.9. The highest BCUT2D eigenvalue weighted by Gasteiger charge is 2.80. The second-order valence-corrected chi connectivity index (χ2v) is 17.1. The van der Waals surface area contributed by atoms with Crippen LogP contribution in [0.4, 0.5) is 0 Å². The van der Waals surface area contributed by atoms with Crippen LogP contribution in [-0.4, -0.2) is 34.1 Å². The number of carbonyl (C=O) groups excluding carboxylic acids is 2. The monoisotopic (exact) mass is 662 g/mol. The molecule has 2 N–H and O–H groups in total. The number of esters is 2. The van der Waals surface area contributed by atoms with Crippen LogP contribution in [0.3, 0.4) is 0 Å². The lowest BCUT2D eigenvalue weighted by Gasteiger charge is -2.38. The van der Waals surface area contributed by atoms with Crippen molar-refractivity contribution in [2.75, 3.05) is 0 Å². The fraction of sp³-hybridized carbons (Fsp3) is 0.463. The minimum absolute atomic E-state index is 0.318.